The van der Waals surface area contributed by atoms with Gasteiger partial charge in [0.1, 0.15) is 11.4 Å². The molecule has 0 saturated heterocycles. The van der Waals surface area contributed by atoms with Crippen molar-refractivity contribution < 1.29 is 17.9 Å². The van der Waals surface area contributed by atoms with Crippen molar-refractivity contribution in [1.82, 2.24) is 24.5 Å². The Labute approximate surface area is 174 Å². The number of hydrogen-bond donors (Lipinski definition) is 0. The molecule has 0 bridgehead atoms. The van der Waals surface area contributed by atoms with Crippen molar-refractivity contribution in [2.45, 2.75) is 11.1 Å². The number of aryl methyl sites for hydroxylation is 1. The van der Waals surface area contributed by atoms with Crippen molar-refractivity contribution in [3.8, 4) is 11.6 Å². The van der Waals surface area contributed by atoms with Gasteiger partial charge in [-0.15, -0.1) is 0 Å². The van der Waals surface area contributed by atoms with Crippen LogP contribution in [0.5, 0.6) is 5.75 Å². The van der Waals surface area contributed by atoms with E-state index < -0.39 is 11.9 Å². The van der Waals surface area contributed by atoms with Crippen LogP contribution in [0.15, 0.2) is 53.8 Å². The molecule has 4 rings (SSSR count). The average molecular weight is 434 g/mol. The van der Waals surface area contributed by atoms with Gasteiger partial charge >= 0.3 is 6.18 Å². The second-order valence-corrected chi connectivity index (χ2v) is 7.61. The highest BCUT2D eigenvalue weighted by Crippen LogP contribution is 2.40. The number of alkyl halides is 3. The first kappa shape index (κ1) is 20.1. The van der Waals surface area contributed by atoms with Gasteiger partial charge in [0.15, 0.2) is 11.5 Å². The number of ether oxygens (including phenoxy) is 1. The Morgan fingerprint density at radius 3 is 2.53 bits per heavy atom. The lowest BCUT2D eigenvalue weighted by molar-refractivity contribution is -0.141. The molecule has 30 heavy (non-hydrogen) atoms. The second kappa shape index (κ2) is 7.56. The number of rotatable bonds is 5. The molecular formula is C19H17F3N6OS. The zero-order valence-electron chi connectivity index (χ0n) is 16.3. The molecule has 0 atom stereocenters. The monoisotopic (exact) mass is 434 g/mol. The normalized spacial score (nSPS) is 11.8. The number of hydrogen-bond acceptors (Lipinski definition) is 6. The maximum absolute atomic E-state index is 12.7. The Morgan fingerprint density at radius 1 is 1.10 bits per heavy atom. The molecule has 0 aliphatic heterocycles. The molecule has 7 nitrogen and oxygen atoms in total. The molecule has 4 aromatic rings. The van der Waals surface area contributed by atoms with Crippen LogP contribution in [0.25, 0.3) is 16.7 Å². The van der Waals surface area contributed by atoms with Gasteiger partial charge in [-0.25, -0.2) is 9.67 Å². The minimum Gasteiger partial charge on any atom is -0.494 e. The minimum absolute atomic E-state index is 0.295. The van der Waals surface area contributed by atoms with Gasteiger partial charge in [-0.2, -0.15) is 23.4 Å². The summed E-state index contributed by atoms with van der Waals surface area (Å²) in [6, 6.07) is 8.13. The Kier molecular flexibility index (Phi) is 5.06. The predicted octanol–water partition coefficient (Wildman–Crippen LogP) is 4.32. The first-order valence-corrected chi connectivity index (χ1v) is 9.55. The summed E-state index contributed by atoms with van der Waals surface area (Å²) in [7, 11) is 5.36. The number of anilines is 1. The van der Waals surface area contributed by atoms with Gasteiger partial charge in [-0.1, -0.05) is 0 Å². The van der Waals surface area contributed by atoms with Crippen molar-refractivity contribution in [2.75, 3.05) is 18.5 Å². The van der Waals surface area contributed by atoms with Crippen molar-refractivity contribution in [2.24, 2.45) is 7.05 Å². The summed E-state index contributed by atoms with van der Waals surface area (Å²) < 4.78 is 48.6. The molecule has 156 valence electrons. The smallest absolute Gasteiger partial charge is 0.435 e. The number of fused-ring (bicyclic) bond motifs is 1. The topological polar surface area (TPSA) is 61.0 Å². The molecule has 0 radical (unpaired) electrons. The van der Waals surface area contributed by atoms with Crippen LogP contribution < -0.4 is 9.04 Å². The van der Waals surface area contributed by atoms with Crippen LogP contribution in [0.2, 0.25) is 0 Å². The van der Waals surface area contributed by atoms with Gasteiger partial charge in [0.2, 0.25) is 0 Å². The van der Waals surface area contributed by atoms with E-state index in [9.17, 15) is 13.2 Å². The Balaban J connectivity index is 1.59. The van der Waals surface area contributed by atoms with Crippen molar-refractivity contribution >= 4 is 28.5 Å². The SMILES string of the molecule is COc1ccc2cnn(C)c2c1N(C)Sc1ccc(-n2ccc(C(F)(F)F)n2)nc1. The zero-order chi connectivity index (χ0) is 21.5. The summed E-state index contributed by atoms with van der Waals surface area (Å²) in [6.45, 7) is 0. The summed E-state index contributed by atoms with van der Waals surface area (Å²) in [4.78, 5) is 5.04. The fourth-order valence-electron chi connectivity index (χ4n) is 3.07. The highest BCUT2D eigenvalue weighted by molar-refractivity contribution is 8.00. The number of nitrogens with zero attached hydrogens (tertiary/aromatic N) is 6. The first-order valence-electron chi connectivity index (χ1n) is 8.77. The summed E-state index contributed by atoms with van der Waals surface area (Å²) in [5.74, 6) is 0.991. The van der Waals surface area contributed by atoms with E-state index in [4.69, 9.17) is 4.74 Å². The molecule has 1 aromatic carbocycles. The average Bonchev–Trinajstić information content (AvgIpc) is 3.35. The summed E-state index contributed by atoms with van der Waals surface area (Å²) in [6.07, 6.45) is 0.113. The number of pyridine rings is 1. The highest BCUT2D eigenvalue weighted by Gasteiger charge is 2.33. The van der Waals surface area contributed by atoms with Gasteiger partial charge in [0.05, 0.1) is 18.8 Å². The number of methoxy groups -OCH3 is 1. The van der Waals surface area contributed by atoms with Gasteiger partial charge in [-0.3, -0.25) is 4.68 Å². The maximum atomic E-state index is 12.7. The predicted molar refractivity (Wildman–Crippen MR) is 108 cm³/mol. The van der Waals surface area contributed by atoms with Crippen LogP contribution in [0.1, 0.15) is 5.69 Å². The fraction of sp³-hybridized carbons (Fsp3) is 0.211. The molecule has 0 unspecified atom stereocenters. The molecule has 0 N–H and O–H groups in total. The molecule has 3 heterocycles. The quantitative estimate of drug-likeness (QED) is 0.436. The van der Waals surface area contributed by atoms with Crippen molar-refractivity contribution in [1.29, 1.82) is 0 Å². The van der Waals surface area contributed by atoms with E-state index in [1.807, 2.05) is 30.5 Å². The molecule has 11 heteroatoms. The zero-order valence-corrected chi connectivity index (χ0v) is 17.1. The molecule has 0 aliphatic carbocycles. The van der Waals surface area contributed by atoms with E-state index in [1.54, 1.807) is 36.3 Å². The molecule has 0 spiro atoms. The van der Waals surface area contributed by atoms with Crippen molar-refractivity contribution in [3.63, 3.8) is 0 Å². The van der Waals surface area contributed by atoms with Gasteiger partial charge < -0.3 is 9.04 Å². The summed E-state index contributed by atoms with van der Waals surface area (Å²) in [5.41, 5.74) is 0.815. The van der Waals surface area contributed by atoms with Crippen LogP contribution in [0, 0.1) is 0 Å². The van der Waals surface area contributed by atoms with Crippen LogP contribution in [0.3, 0.4) is 0 Å². The van der Waals surface area contributed by atoms with E-state index in [2.05, 4.69) is 15.2 Å². The van der Waals surface area contributed by atoms with Crippen LogP contribution in [0.4, 0.5) is 18.9 Å². The van der Waals surface area contributed by atoms with Gasteiger partial charge in [0, 0.05) is 36.8 Å². The van der Waals surface area contributed by atoms with Crippen LogP contribution >= 0.6 is 11.9 Å². The maximum Gasteiger partial charge on any atom is 0.435 e. The lowest BCUT2D eigenvalue weighted by atomic mass is 10.2. The largest absolute Gasteiger partial charge is 0.494 e. The third-order valence-electron chi connectivity index (χ3n) is 4.45. The van der Waals surface area contributed by atoms with E-state index in [0.29, 0.717) is 11.6 Å². The van der Waals surface area contributed by atoms with Gasteiger partial charge in [0.25, 0.3) is 0 Å². The fourth-order valence-corrected chi connectivity index (χ4v) is 3.88. The van der Waals surface area contributed by atoms with E-state index in [1.165, 1.54) is 18.1 Å². The van der Waals surface area contributed by atoms with E-state index in [-0.39, 0.29) is 0 Å². The minimum atomic E-state index is -4.49. The molecule has 0 saturated carbocycles. The highest BCUT2D eigenvalue weighted by atomic mass is 32.2. The summed E-state index contributed by atoms with van der Waals surface area (Å²) in [5, 5.41) is 8.82. The van der Waals surface area contributed by atoms with Crippen molar-refractivity contribution in [3.05, 3.63) is 54.6 Å². The first-order chi connectivity index (χ1) is 14.3. The third-order valence-corrected chi connectivity index (χ3v) is 5.36. The van der Waals surface area contributed by atoms with Crippen LogP contribution in [-0.4, -0.2) is 38.7 Å². The number of halogens is 3. The van der Waals surface area contributed by atoms with Gasteiger partial charge in [-0.05, 0) is 42.3 Å². The second-order valence-electron chi connectivity index (χ2n) is 6.41. The Morgan fingerprint density at radius 2 is 1.90 bits per heavy atom. The summed E-state index contributed by atoms with van der Waals surface area (Å²) >= 11 is 1.41. The number of benzene rings is 1. The number of aromatic nitrogens is 5. The Bertz CT molecular complexity index is 1190. The third kappa shape index (κ3) is 3.67. The molecule has 0 aliphatic rings. The Hall–Kier alpha value is -3.21. The van der Waals surface area contributed by atoms with E-state index in [0.717, 1.165) is 32.2 Å². The molecule has 3 aromatic heterocycles. The van der Waals surface area contributed by atoms with Crippen LogP contribution in [-0.2, 0) is 13.2 Å². The standard InChI is InChI=1S/C19H17F3N6OS/c1-26-17-12(10-24-26)4-6-14(29-3)18(17)27(2)30-13-5-7-16(23-11-13)28-9-8-15(25-28)19(20,21)22/h4-11H,1-3H3. The molecule has 0 amide bonds. The molecular weight excluding hydrogens is 417 g/mol. The molecule has 0 fully saturated rings. The lowest BCUT2D eigenvalue weighted by Crippen LogP contribution is -2.10. The van der Waals surface area contributed by atoms with E-state index >= 15 is 0 Å². The lowest BCUT2D eigenvalue weighted by Gasteiger charge is -2.21.